The van der Waals surface area contributed by atoms with Gasteiger partial charge in [-0.3, -0.25) is 14.9 Å². The third-order valence-electron chi connectivity index (χ3n) is 4.66. The van der Waals surface area contributed by atoms with Gasteiger partial charge in [-0.2, -0.15) is 13.2 Å². The molecule has 0 aliphatic carbocycles. The first-order valence-electron chi connectivity index (χ1n) is 8.36. The van der Waals surface area contributed by atoms with E-state index in [-0.39, 0.29) is 16.1 Å². The molecule has 12 heteroatoms. The summed E-state index contributed by atoms with van der Waals surface area (Å²) in [5.41, 5.74) is -4.76. The van der Waals surface area contributed by atoms with E-state index in [2.05, 4.69) is 5.32 Å². The number of benzene rings is 2. The molecule has 1 heterocycles. The number of carbonyl (C=O) groups excluding carboxylic acids is 2. The number of alkyl halides is 3. The van der Waals surface area contributed by atoms with Crippen molar-refractivity contribution >= 4 is 29.1 Å². The Morgan fingerprint density at radius 2 is 1.83 bits per heavy atom. The van der Waals surface area contributed by atoms with Gasteiger partial charge in [0.05, 0.1) is 11.0 Å². The molecule has 2 aromatic carbocycles. The molecule has 0 unspecified atom stereocenters. The Hall–Kier alpha value is -3.18. The van der Waals surface area contributed by atoms with E-state index in [0.717, 1.165) is 12.1 Å². The SMILES string of the molecule is O=C1N[C@H](c2cccc([N+](=O)[O-])c2)[C@H](C(=O)c2ccc(Cl)cc2)[C@](O)(C(F)(F)F)N1. The molecule has 3 rings (SSSR count). The highest BCUT2D eigenvalue weighted by molar-refractivity contribution is 6.30. The number of amides is 2. The fourth-order valence-electron chi connectivity index (χ4n) is 3.24. The van der Waals surface area contributed by atoms with Gasteiger partial charge in [-0.05, 0) is 29.8 Å². The van der Waals surface area contributed by atoms with Crippen molar-refractivity contribution in [1.29, 1.82) is 0 Å². The number of urea groups is 1. The van der Waals surface area contributed by atoms with Crippen LogP contribution in [0.3, 0.4) is 0 Å². The number of aliphatic hydroxyl groups is 1. The largest absolute Gasteiger partial charge is 0.437 e. The van der Waals surface area contributed by atoms with Crippen LogP contribution >= 0.6 is 11.6 Å². The highest BCUT2D eigenvalue weighted by Crippen LogP contribution is 2.44. The van der Waals surface area contributed by atoms with Gasteiger partial charge in [0.2, 0.25) is 5.72 Å². The molecule has 0 radical (unpaired) electrons. The molecule has 3 atom stereocenters. The van der Waals surface area contributed by atoms with Gasteiger partial charge in [0, 0.05) is 22.7 Å². The zero-order chi connectivity index (χ0) is 22.3. The van der Waals surface area contributed by atoms with Gasteiger partial charge in [0.15, 0.2) is 5.78 Å². The van der Waals surface area contributed by atoms with Gasteiger partial charge in [-0.25, -0.2) is 4.79 Å². The minimum Gasteiger partial charge on any atom is -0.363 e. The quantitative estimate of drug-likeness (QED) is 0.380. The van der Waals surface area contributed by atoms with Crippen molar-refractivity contribution in [3.8, 4) is 0 Å². The molecule has 0 saturated carbocycles. The lowest BCUT2D eigenvalue weighted by atomic mass is 9.77. The molecule has 1 fully saturated rings. The lowest BCUT2D eigenvalue weighted by Gasteiger charge is -2.45. The van der Waals surface area contributed by atoms with Crippen molar-refractivity contribution in [3.63, 3.8) is 0 Å². The van der Waals surface area contributed by atoms with Crippen molar-refractivity contribution in [2.45, 2.75) is 17.9 Å². The van der Waals surface area contributed by atoms with Crippen LogP contribution in [0.4, 0.5) is 23.7 Å². The molecule has 1 saturated heterocycles. The van der Waals surface area contributed by atoms with Crippen molar-refractivity contribution in [2.75, 3.05) is 0 Å². The molecule has 3 N–H and O–H groups in total. The molecule has 0 bridgehead atoms. The molecule has 2 aromatic rings. The Morgan fingerprint density at radius 3 is 2.40 bits per heavy atom. The van der Waals surface area contributed by atoms with E-state index in [1.807, 2.05) is 0 Å². The lowest BCUT2D eigenvalue weighted by Crippen LogP contribution is -2.72. The average Bonchev–Trinajstić information content (AvgIpc) is 2.66. The van der Waals surface area contributed by atoms with E-state index in [1.165, 1.54) is 41.7 Å². The topological polar surface area (TPSA) is 122 Å². The summed E-state index contributed by atoms with van der Waals surface area (Å²) in [5.74, 6) is -3.45. The number of Topliss-reactive ketones (excluding diaryl/α,β-unsaturated/α-hetero) is 1. The van der Waals surface area contributed by atoms with E-state index < -0.39 is 46.3 Å². The summed E-state index contributed by atoms with van der Waals surface area (Å²) in [4.78, 5) is 35.3. The first-order valence-corrected chi connectivity index (χ1v) is 8.74. The highest BCUT2D eigenvalue weighted by Gasteiger charge is 2.66. The lowest BCUT2D eigenvalue weighted by molar-refractivity contribution is -0.385. The number of ketones is 1. The number of hydrogen-bond donors (Lipinski definition) is 3. The van der Waals surface area contributed by atoms with Gasteiger partial charge < -0.3 is 15.7 Å². The Balaban J connectivity index is 2.18. The number of rotatable bonds is 4. The van der Waals surface area contributed by atoms with Crippen molar-refractivity contribution < 1.29 is 32.8 Å². The number of carbonyl (C=O) groups is 2. The molecule has 8 nitrogen and oxygen atoms in total. The zero-order valence-corrected chi connectivity index (χ0v) is 15.6. The second-order valence-electron chi connectivity index (χ2n) is 6.54. The summed E-state index contributed by atoms with van der Waals surface area (Å²) < 4.78 is 41.4. The van der Waals surface area contributed by atoms with E-state index in [4.69, 9.17) is 11.6 Å². The standard InChI is InChI=1S/C18H13ClF3N3O5/c19-11-6-4-9(5-7-11)15(26)13-14(10-2-1-3-12(8-10)25(29)30)23-16(27)24-17(13,28)18(20,21)22/h1-8,13-14,28H,(H2,23,24,27)/t13-,14-,17+/m1/s1. The third-order valence-corrected chi connectivity index (χ3v) is 4.91. The fraction of sp³-hybridized carbons (Fsp3) is 0.222. The summed E-state index contributed by atoms with van der Waals surface area (Å²) >= 11 is 5.75. The number of nitrogens with zero attached hydrogens (tertiary/aromatic N) is 1. The predicted octanol–water partition coefficient (Wildman–Crippen LogP) is 3.35. The van der Waals surface area contributed by atoms with E-state index in [9.17, 15) is 38.0 Å². The number of non-ortho nitro benzene ring substituents is 1. The maximum Gasteiger partial charge on any atom is 0.437 e. The average molecular weight is 444 g/mol. The minimum atomic E-state index is -5.43. The Bertz CT molecular complexity index is 1010. The van der Waals surface area contributed by atoms with E-state index in [0.29, 0.717) is 0 Å². The summed E-state index contributed by atoms with van der Waals surface area (Å²) in [6.45, 7) is 0. The van der Waals surface area contributed by atoms with Gasteiger partial charge in [0.1, 0.15) is 5.92 Å². The van der Waals surface area contributed by atoms with Gasteiger partial charge in [-0.15, -0.1) is 0 Å². The van der Waals surface area contributed by atoms with E-state index in [1.54, 1.807) is 0 Å². The Labute approximate surface area is 171 Å². The second kappa shape index (κ2) is 7.58. The van der Waals surface area contributed by atoms with Gasteiger partial charge >= 0.3 is 12.2 Å². The summed E-state index contributed by atoms with van der Waals surface area (Å²) in [6.07, 6.45) is -5.43. The monoisotopic (exact) mass is 443 g/mol. The van der Waals surface area contributed by atoms with Crippen molar-refractivity contribution in [2.24, 2.45) is 5.92 Å². The number of nitrogens with one attached hydrogen (secondary N) is 2. The maximum atomic E-state index is 13.8. The molecule has 2 amide bonds. The first kappa shape index (κ1) is 21.5. The summed E-state index contributed by atoms with van der Waals surface area (Å²) in [5, 5.41) is 25.3. The van der Waals surface area contributed by atoms with Crippen molar-refractivity contribution in [3.05, 3.63) is 74.8 Å². The smallest absolute Gasteiger partial charge is 0.363 e. The molecule has 158 valence electrons. The van der Waals surface area contributed by atoms with Crippen LogP contribution in [0.2, 0.25) is 5.02 Å². The molecular weight excluding hydrogens is 431 g/mol. The first-order chi connectivity index (χ1) is 13.9. The normalized spacial score (nSPS) is 24.0. The van der Waals surface area contributed by atoms with Crippen LogP contribution in [0.25, 0.3) is 0 Å². The fourth-order valence-corrected chi connectivity index (χ4v) is 3.37. The van der Waals surface area contributed by atoms with Crippen LogP contribution in [0.5, 0.6) is 0 Å². The summed E-state index contributed by atoms with van der Waals surface area (Å²) in [6, 6.07) is 6.20. The minimum absolute atomic E-state index is 0.158. The number of halogens is 4. The Morgan fingerprint density at radius 1 is 1.20 bits per heavy atom. The Kier molecular flexibility index (Phi) is 5.44. The van der Waals surface area contributed by atoms with Crippen LogP contribution in [-0.4, -0.2) is 33.7 Å². The predicted molar refractivity (Wildman–Crippen MR) is 97.8 cm³/mol. The van der Waals surface area contributed by atoms with Crippen LogP contribution < -0.4 is 10.6 Å². The van der Waals surface area contributed by atoms with Gasteiger partial charge in [0.25, 0.3) is 5.69 Å². The summed E-state index contributed by atoms with van der Waals surface area (Å²) in [7, 11) is 0. The van der Waals surface area contributed by atoms with E-state index >= 15 is 0 Å². The highest BCUT2D eigenvalue weighted by atomic mass is 35.5. The number of hydrogen-bond acceptors (Lipinski definition) is 5. The van der Waals surface area contributed by atoms with Crippen LogP contribution in [0.15, 0.2) is 48.5 Å². The van der Waals surface area contributed by atoms with Gasteiger partial charge in [-0.1, -0.05) is 23.7 Å². The van der Waals surface area contributed by atoms with Crippen LogP contribution in [-0.2, 0) is 0 Å². The maximum absolute atomic E-state index is 13.8. The number of nitro groups is 1. The zero-order valence-electron chi connectivity index (χ0n) is 14.8. The molecule has 0 aromatic heterocycles. The number of nitro benzene ring substituents is 1. The molecular formula is C18H13ClF3N3O5. The molecule has 0 spiro atoms. The molecule has 1 aliphatic heterocycles. The second-order valence-corrected chi connectivity index (χ2v) is 6.98. The third kappa shape index (κ3) is 3.81. The van der Waals surface area contributed by atoms with Crippen LogP contribution in [0.1, 0.15) is 22.0 Å². The van der Waals surface area contributed by atoms with Crippen LogP contribution in [0, 0.1) is 16.0 Å². The molecule has 30 heavy (non-hydrogen) atoms. The van der Waals surface area contributed by atoms with Crippen molar-refractivity contribution in [1.82, 2.24) is 10.6 Å². The molecule has 1 aliphatic rings.